The molecule has 4 nitrogen and oxygen atoms in total. The lowest BCUT2D eigenvalue weighted by atomic mass is 9.58. The number of hydrogen-bond acceptors (Lipinski definition) is 6. The van der Waals surface area contributed by atoms with Gasteiger partial charge in [-0.3, -0.25) is 0 Å². The predicted octanol–water partition coefficient (Wildman–Crippen LogP) is 31.1. The molecule has 2 aliphatic heterocycles. The summed E-state index contributed by atoms with van der Waals surface area (Å²) in [5.41, 5.74) is 40.0. The minimum atomic E-state index is 0.0396. The van der Waals surface area contributed by atoms with E-state index in [-0.39, 0.29) is 23.7 Å². The predicted molar refractivity (Wildman–Crippen MR) is 491 cm³/mol. The first-order valence-electron chi connectivity index (χ1n) is 41.1. The summed E-state index contributed by atoms with van der Waals surface area (Å²) in [7, 11) is 0. The molecule has 0 saturated heterocycles. The van der Waals surface area contributed by atoms with Crippen LogP contribution < -0.4 is 9.64 Å². The molecule has 0 radical (unpaired) electrons. The van der Waals surface area contributed by atoms with Gasteiger partial charge < -0.3 is 18.5 Å². The first kappa shape index (κ1) is 66.4. The Hall–Kier alpha value is -13.8. The quantitative estimate of drug-likeness (QED) is 0.143. The van der Waals surface area contributed by atoms with Crippen molar-refractivity contribution in [1.82, 2.24) is 4.40 Å². The van der Waals surface area contributed by atoms with E-state index < -0.39 is 0 Å². The van der Waals surface area contributed by atoms with Crippen LogP contribution in [0.4, 0.5) is 17.1 Å². The summed E-state index contributed by atoms with van der Waals surface area (Å²) in [4.78, 5) is 9.77. The van der Waals surface area contributed by atoms with Crippen LogP contribution in [-0.4, -0.2) is 4.40 Å². The van der Waals surface area contributed by atoms with E-state index in [2.05, 4.69) is 379 Å². The minimum Gasteiger partial charge on any atom is -0.456 e. The average molecular weight is 1570 g/mol. The topological polar surface area (TPSA) is 30.0 Å². The summed E-state index contributed by atoms with van der Waals surface area (Å²) < 4.78 is 16.1. The zero-order chi connectivity index (χ0) is 77.4. The first-order chi connectivity index (χ1) is 59.0. The van der Waals surface area contributed by atoms with Crippen molar-refractivity contribution in [2.45, 2.75) is 53.0 Å². The maximum Gasteiger partial charge on any atom is 0.149 e. The molecule has 29 rings (SSSR count). The van der Waals surface area contributed by atoms with Crippen LogP contribution >= 0.6 is 35.3 Å². The largest absolute Gasteiger partial charge is 0.456 e. The van der Waals surface area contributed by atoms with E-state index in [4.69, 9.17) is 9.15 Å². The van der Waals surface area contributed by atoms with Gasteiger partial charge in [0.25, 0.3) is 0 Å². The summed E-state index contributed by atoms with van der Waals surface area (Å²) in [6, 6.07) is 142. The second-order valence-electron chi connectivity index (χ2n) is 32.6. The molecule has 0 N–H and O–H groups in total. The fourth-order valence-corrected chi connectivity index (χ4v) is 24.9. The lowest BCUT2D eigenvalue weighted by Gasteiger charge is -2.44. The second kappa shape index (κ2) is 25.4. The molecule has 0 fully saturated rings. The van der Waals surface area contributed by atoms with Crippen LogP contribution in [0.15, 0.2) is 410 Å². The molecule has 554 valence electrons. The minimum absolute atomic E-state index is 0.0396. The Balaban J connectivity index is 0.524. The molecular formula is C112H66N2O2S3. The van der Waals surface area contributed by atoms with Crippen LogP contribution in [0.2, 0.25) is 0 Å². The van der Waals surface area contributed by atoms with E-state index in [1.165, 1.54) is 175 Å². The van der Waals surface area contributed by atoms with Crippen molar-refractivity contribution in [3.63, 3.8) is 0 Å². The van der Waals surface area contributed by atoms with Crippen LogP contribution in [-0.2, 0) is 0 Å². The zero-order valence-electron chi connectivity index (χ0n) is 64.0. The molecule has 0 atom stereocenters. The number of nitrogens with zero attached hydrogens (tertiary/aromatic N) is 2. The fraction of sp³-hybridized carbons (Fsp3) is 0.0357. The van der Waals surface area contributed by atoms with Gasteiger partial charge in [-0.2, -0.15) is 0 Å². The third-order valence-electron chi connectivity index (χ3n) is 26.6. The van der Waals surface area contributed by atoms with Crippen molar-refractivity contribution in [2.75, 3.05) is 4.90 Å². The lowest BCUT2D eigenvalue weighted by molar-refractivity contribution is 0.456. The normalized spacial score (nSPS) is 15.9. The third kappa shape index (κ3) is 9.69. The molecule has 7 heteroatoms. The van der Waals surface area contributed by atoms with Crippen molar-refractivity contribution in [3.8, 4) is 78.3 Å². The zero-order valence-corrected chi connectivity index (χ0v) is 66.5. The molecule has 0 spiro atoms. The van der Waals surface area contributed by atoms with E-state index in [0.29, 0.717) is 0 Å². The number of aromatic nitrogens is 1. The lowest BCUT2D eigenvalue weighted by Crippen LogP contribution is -2.28. The SMILES string of the molecule is c1cc(-c2ccc(N(c3ccc(-c4ccc(-c5cccc6c5Oc5ccccc5S6)c5c4C4c6ccccc6C5c5ccccc54)cc3)c3ccc4c(c3)oc3ccccc34)cc2)cc(-c2ccc3c(c2)Sc2cc(-c4ccc(-c5ccc6c(c5)c5cccc7c8ccccc8n6c75)c5c4C4c6ccccc6C5c5ccccc54)ccc2S3)c1. The summed E-state index contributed by atoms with van der Waals surface area (Å²) in [5.74, 6) is 2.08. The number of furan rings is 1. The highest BCUT2D eigenvalue weighted by Crippen LogP contribution is 2.64. The Morgan fingerprint density at radius 3 is 1.32 bits per heavy atom. The van der Waals surface area contributed by atoms with Gasteiger partial charge in [0, 0.05) is 104 Å². The Bertz CT molecular complexity index is 7890. The van der Waals surface area contributed by atoms with E-state index in [1.807, 2.05) is 29.6 Å². The molecule has 18 aromatic carbocycles. The Kier molecular flexibility index (Phi) is 14.1. The van der Waals surface area contributed by atoms with Gasteiger partial charge in [0.15, 0.2) is 0 Å². The highest BCUT2D eigenvalue weighted by atomic mass is 32.2. The third-order valence-corrected chi connectivity index (χ3v) is 30.3. The van der Waals surface area contributed by atoms with Gasteiger partial charge >= 0.3 is 0 Å². The maximum absolute atomic E-state index is 6.94. The van der Waals surface area contributed by atoms with Gasteiger partial charge in [0.2, 0.25) is 0 Å². The number of anilines is 3. The van der Waals surface area contributed by atoms with E-state index >= 15 is 0 Å². The van der Waals surface area contributed by atoms with Gasteiger partial charge in [0.05, 0.1) is 26.3 Å². The summed E-state index contributed by atoms with van der Waals surface area (Å²) in [6.45, 7) is 0. The molecule has 0 amide bonds. The Labute approximate surface area is 699 Å². The first-order valence-corrected chi connectivity index (χ1v) is 43.6. The van der Waals surface area contributed by atoms with E-state index in [9.17, 15) is 0 Å². The number of hydrogen-bond donors (Lipinski definition) is 0. The molecule has 0 unspecified atom stereocenters. The number of para-hydroxylation sites is 5. The van der Waals surface area contributed by atoms with Crippen molar-refractivity contribution < 1.29 is 9.15 Å². The molecule has 4 bridgehead atoms. The van der Waals surface area contributed by atoms with Gasteiger partial charge in [-0.1, -0.05) is 296 Å². The van der Waals surface area contributed by atoms with Crippen molar-refractivity contribution in [2.24, 2.45) is 0 Å². The smallest absolute Gasteiger partial charge is 0.149 e. The van der Waals surface area contributed by atoms with Crippen LogP contribution in [0, 0.1) is 0 Å². The molecular weight excluding hydrogens is 1500 g/mol. The van der Waals surface area contributed by atoms with Gasteiger partial charge in [-0.05, 0) is 237 Å². The van der Waals surface area contributed by atoms with Crippen molar-refractivity contribution in [1.29, 1.82) is 0 Å². The van der Waals surface area contributed by atoms with E-state index in [1.54, 1.807) is 11.8 Å². The van der Waals surface area contributed by atoms with E-state index in [0.717, 1.165) is 77.0 Å². The molecule has 6 aliphatic carbocycles. The van der Waals surface area contributed by atoms with Crippen LogP contribution in [0.3, 0.4) is 0 Å². The van der Waals surface area contributed by atoms with Gasteiger partial charge in [-0.25, -0.2) is 0 Å². The maximum atomic E-state index is 6.94. The molecule has 21 aromatic rings. The van der Waals surface area contributed by atoms with Crippen LogP contribution in [0.5, 0.6) is 11.5 Å². The molecule has 5 heterocycles. The molecule has 3 aromatic heterocycles. The van der Waals surface area contributed by atoms with Gasteiger partial charge in [-0.15, -0.1) is 0 Å². The molecule has 8 aliphatic rings. The summed E-state index contributed by atoms with van der Waals surface area (Å²) in [5, 5.41) is 7.42. The van der Waals surface area contributed by atoms with Crippen molar-refractivity contribution >= 4 is 112 Å². The molecule has 0 saturated carbocycles. The number of benzene rings is 18. The average Bonchev–Trinajstić information content (AvgIpc) is 1.18. The second-order valence-corrected chi connectivity index (χ2v) is 35.9. The number of ether oxygens (including phenoxy) is 1. The monoisotopic (exact) mass is 1570 g/mol. The number of fused-ring (bicyclic) bond motifs is 13. The summed E-state index contributed by atoms with van der Waals surface area (Å²) >= 11 is 5.58. The van der Waals surface area contributed by atoms with Gasteiger partial charge in [0.1, 0.15) is 22.7 Å². The van der Waals surface area contributed by atoms with Crippen molar-refractivity contribution in [3.05, 3.63) is 443 Å². The fourth-order valence-electron chi connectivity index (χ4n) is 21.6. The Morgan fingerprint density at radius 1 is 0.235 bits per heavy atom. The highest BCUT2D eigenvalue weighted by molar-refractivity contribution is 8.05. The Morgan fingerprint density at radius 2 is 0.664 bits per heavy atom. The standard InChI is InChI=1S/C112H66N2O2S3/c1-3-24-81-79(22-1)104-80-23-2-4-25-82(80)105(81)109-75(52-51-74(108(104)109)68-42-55-93-91(59-68)89-31-16-30-88-76-20-9-11-33-92(76)114(93)111(88)89)69-44-57-99-102(61-69)119-101-60-67(43-56-98(101)118-99)66-19-15-18-65(58-66)63-38-45-70(46-39-63)113(72-49-50-78-77-21-10-12-34-94(77)115-96(78)62-72)71-47-40-64(41-48-71)73-53-54-87(90-32-17-37-100-112(90)116-95-35-13-14-36-97(95)117-100)110-106-85-28-7-5-26-83(85)103(107(73)110)84-27-6-8-29-86(84)106/h1-62,103-106H. The van der Waals surface area contributed by atoms with Crippen LogP contribution in [0.1, 0.15) is 90.4 Å². The number of rotatable bonds is 9. The highest BCUT2D eigenvalue weighted by Gasteiger charge is 2.46. The van der Waals surface area contributed by atoms with Crippen LogP contribution in [0.25, 0.3) is 127 Å². The summed E-state index contributed by atoms with van der Waals surface area (Å²) in [6.07, 6.45) is 0. The molecule has 119 heavy (non-hydrogen) atoms.